The number of nitrogens with two attached hydrogens (primary N) is 1. The van der Waals surface area contributed by atoms with Crippen molar-refractivity contribution in [3.63, 3.8) is 0 Å². The summed E-state index contributed by atoms with van der Waals surface area (Å²) in [5.41, 5.74) is 5.63. The van der Waals surface area contributed by atoms with Crippen LogP contribution in [0.15, 0.2) is 24.3 Å². The van der Waals surface area contributed by atoms with Gasteiger partial charge in [0.2, 0.25) is 10.0 Å². The fraction of sp³-hybridized carbons (Fsp3) is 0.455. The Morgan fingerprint density at radius 3 is 2.47 bits per heavy atom. The monoisotopic (exact) mass is 260 g/mol. The number of nitrogens with one attached hydrogen (secondary N) is 1. The average Bonchev–Trinajstić information content (AvgIpc) is 2.27. The second kappa shape index (κ2) is 5.57. The third-order valence-electron chi connectivity index (χ3n) is 2.57. The molecule has 1 aromatic rings. The molecule has 0 aliphatic rings. The molecule has 96 valence electrons. The van der Waals surface area contributed by atoms with Crippen LogP contribution in [0.25, 0.3) is 0 Å². The van der Waals surface area contributed by atoms with Gasteiger partial charge in [0.05, 0.1) is 5.25 Å². The molecule has 0 saturated heterocycles. The summed E-state index contributed by atoms with van der Waals surface area (Å²) in [5.74, 6) is -0.428. The van der Waals surface area contributed by atoms with Crippen molar-refractivity contribution in [1.82, 2.24) is 4.72 Å². The Labute approximate surface area is 101 Å². The molecule has 0 aliphatic heterocycles. The first-order chi connectivity index (χ1) is 7.88. The number of hydrogen-bond acceptors (Lipinski definition) is 3. The molecule has 0 spiro atoms. The molecule has 6 heteroatoms. The Morgan fingerprint density at radius 1 is 1.35 bits per heavy atom. The van der Waals surface area contributed by atoms with Crippen molar-refractivity contribution < 1.29 is 12.8 Å². The SMILES string of the molecule is CC(NS(=O)(=O)C(C)CN)c1ccccc1F. The highest BCUT2D eigenvalue weighted by molar-refractivity contribution is 7.90. The summed E-state index contributed by atoms with van der Waals surface area (Å²) in [6, 6.07) is 5.45. The first kappa shape index (κ1) is 14.1. The molecule has 3 N–H and O–H groups in total. The second-order valence-electron chi connectivity index (χ2n) is 3.95. The van der Waals surface area contributed by atoms with Gasteiger partial charge in [0.1, 0.15) is 5.82 Å². The molecule has 0 bridgehead atoms. The molecule has 2 unspecified atom stereocenters. The van der Waals surface area contributed by atoms with Gasteiger partial charge >= 0.3 is 0 Å². The largest absolute Gasteiger partial charge is 0.329 e. The van der Waals surface area contributed by atoms with Crippen molar-refractivity contribution in [2.24, 2.45) is 5.73 Å². The van der Waals surface area contributed by atoms with Gasteiger partial charge in [0, 0.05) is 18.2 Å². The van der Waals surface area contributed by atoms with Crippen LogP contribution in [-0.4, -0.2) is 20.2 Å². The fourth-order valence-electron chi connectivity index (χ4n) is 1.38. The zero-order chi connectivity index (χ0) is 13.1. The predicted octanol–water partition coefficient (Wildman–Crippen LogP) is 1.15. The van der Waals surface area contributed by atoms with Gasteiger partial charge in [-0.15, -0.1) is 0 Å². The van der Waals surface area contributed by atoms with Crippen molar-refractivity contribution in [2.45, 2.75) is 25.1 Å². The zero-order valence-electron chi connectivity index (χ0n) is 9.85. The van der Waals surface area contributed by atoms with Gasteiger partial charge in [-0.25, -0.2) is 17.5 Å². The van der Waals surface area contributed by atoms with E-state index in [9.17, 15) is 12.8 Å². The van der Waals surface area contributed by atoms with Crippen molar-refractivity contribution in [3.05, 3.63) is 35.6 Å². The maximum Gasteiger partial charge on any atom is 0.216 e. The molecule has 0 aliphatic carbocycles. The van der Waals surface area contributed by atoms with E-state index in [4.69, 9.17) is 5.73 Å². The third-order valence-corrected chi connectivity index (χ3v) is 4.51. The predicted molar refractivity (Wildman–Crippen MR) is 65.4 cm³/mol. The van der Waals surface area contributed by atoms with E-state index in [0.717, 1.165) is 0 Å². The van der Waals surface area contributed by atoms with Gasteiger partial charge in [-0.3, -0.25) is 0 Å². The summed E-state index contributed by atoms with van der Waals surface area (Å²) >= 11 is 0. The summed E-state index contributed by atoms with van der Waals surface area (Å²) in [4.78, 5) is 0. The van der Waals surface area contributed by atoms with E-state index in [-0.39, 0.29) is 6.54 Å². The summed E-state index contributed by atoms with van der Waals surface area (Å²) in [6.07, 6.45) is 0. The van der Waals surface area contributed by atoms with Gasteiger partial charge in [-0.2, -0.15) is 0 Å². The summed E-state index contributed by atoms with van der Waals surface area (Å²) in [5, 5.41) is -0.697. The lowest BCUT2D eigenvalue weighted by atomic mass is 10.1. The quantitative estimate of drug-likeness (QED) is 0.834. The van der Waals surface area contributed by atoms with Crippen LogP contribution >= 0.6 is 0 Å². The molecule has 0 aromatic heterocycles. The molecular weight excluding hydrogens is 243 g/mol. The minimum Gasteiger partial charge on any atom is -0.329 e. The van der Waals surface area contributed by atoms with Crippen LogP contribution in [-0.2, 0) is 10.0 Å². The Kier molecular flexibility index (Phi) is 4.62. The van der Waals surface area contributed by atoms with E-state index in [2.05, 4.69) is 4.72 Å². The molecule has 1 aromatic carbocycles. The highest BCUT2D eigenvalue weighted by Crippen LogP contribution is 2.17. The number of hydrogen-bond donors (Lipinski definition) is 2. The first-order valence-electron chi connectivity index (χ1n) is 5.34. The van der Waals surface area contributed by atoms with E-state index in [1.54, 1.807) is 25.1 Å². The van der Waals surface area contributed by atoms with Crippen LogP contribution in [0.3, 0.4) is 0 Å². The Morgan fingerprint density at radius 2 is 1.94 bits per heavy atom. The van der Waals surface area contributed by atoms with Crippen LogP contribution in [0, 0.1) is 5.82 Å². The van der Waals surface area contributed by atoms with Gasteiger partial charge in [-0.1, -0.05) is 18.2 Å². The van der Waals surface area contributed by atoms with E-state index in [1.807, 2.05) is 0 Å². The molecule has 0 fully saturated rings. The number of halogens is 1. The standard InChI is InChI=1S/C11H17FN2O2S/c1-8(7-13)17(15,16)14-9(2)10-5-3-4-6-11(10)12/h3-6,8-9,14H,7,13H2,1-2H3. The van der Waals surface area contributed by atoms with E-state index < -0.39 is 27.1 Å². The Hall–Kier alpha value is -0.980. The molecule has 0 saturated carbocycles. The second-order valence-corrected chi connectivity index (χ2v) is 6.08. The van der Waals surface area contributed by atoms with E-state index in [0.29, 0.717) is 5.56 Å². The minimum atomic E-state index is -3.52. The number of benzene rings is 1. The maximum absolute atomic E-state index is 13.4. The molecule has 2 atom stereocenters. The minimum absolute atomic E-state index is 0.0271. The van der Waals surface area contributed by atoms with Gasteiger partial charge in [0.25, 0.3) is 0 Å². The Bertz CT molecular complexity index is 476. The van der Waals surface area contributed by atoms with Crippen LogP contribution in [0.1, 0.15) is 25.5 Å². The summed E-state index contributed by atoms with van der Waals surface area (Å²) in [7, 11) is -3.52. The zero-order valence-corrected chi connectivity index (χ0v) is 10.7. The average molecular weight is 260 g/mol. The molecule has 0 amide bonds. The third kappa shape index (κ3) is 3.49. The normalized spacial score (nSPS) is 15.5. The van der Waals surface area contributed by atoms with Crippen molar-refractivity contribution in [3.8, 4) is 0 Å². The van der Waals surface area contributed by atoms with Crippen LogP contribution in [0.5, 0.6) is 0 Å². The van der Waals surface area contributed by atoms with Crippen LogP contribution in [0.4, 0.5) is 4.39 Å². The smallest absolute Gasteiger partial charge is 0.216 e. The van der Waals surface area contributed by atoms with Crippen molar-refractivity contribution in [2.75, 3.05) is 6.54 Å². The van der Waals surface area contributed by atoms with Crippen molar-refractivity contribution in [1.29, 1.82) is 0 Å². The lowest BCUT2D eigenvalue weighted by molar-refractivity contribution is 0.541. The lowest BCUT2D eigenvalue weighted by Gasteiger charge is -2.18. The van der Waals surface area contributed by atoms with E-state index >= 15 is 0 Å². The van der Waals surface area contributed by atoms with Gasteiger partial charge in [-0.05, 0) is 19.9 Å². The lowest BCUT2D eigenvalue weighted by Crippen LogP contribution is -2.38. The van der Waals surface area contributed by atoms with Crippen LogP contribution < -0.4 is 10.5 Å². The number of rotatable bonds is 5. The van der Waals surface area contributed by atoms with Gasteiger partial charge in [0.15, 0.2) is 0 Å². The fourth-order valence-corrected chi connectivity index (χ4v) is 2.48. The van der Waals surface area contributed by atoms with Crippen molar-refractivity contribution >= 4 is 10.0 Å². The van der Waals surface area contributed by atoms with E-state index in [1.165, 1.54) is 13.0 Å². The summed E-state index contributed by atoms with van der Waals surface area (Å²) in [6.45, 7) is 3.13. The maximum atomic E-state index is 13.4. The highest BCUT2D eigenvalue weighted by Gasteiger charge is 2.23. The molecule has 17 heavy (non-hydrogen) atoms. The molecule has 0 radical (unpaired) electrons. The number of sulfonamides is 1. The molecular formula is C11H17FN2O2S. The van der Waals surface area contributed by atoms with Crippen LogP contribution in [0.2, 0.25) is 0 Å². The first-order valence-corrected chi connectivity index (χ1v) is 6.88. The molecule has 1 rings (SSSR count). The topological polar surface area (TPSA) is 72.2 Å². The summed E-state index contributed by atoms with van der Waals surface area (Å²) < 4.78 is 39.3. The molecule has 0 heterocycles. The molecule has 4 nitrogen and oxygen atoms in total. The van der Waals surface area contributed by atoms with Gasteiger partial charge < -0.3 is 5.73 Å². The highest BCUT2D eigenvalue weighted by atomic mass is 32.2. The Balaban J connectivity index is 2.87.